The third-order valence-corrected chi connectivity index (χ3v) is 3.58. The van der Waals surface area contributed by atoms with Gasteiger partial charge in [0.05, 0.1) is 44.3 Å². The zero-order chi connectivity index (χ0) is 14.1. The molecule has 3 rings (SSSR count). The number of ether oxygens (including phenoxy) is 2. The summed E-state index contributed by atoms with van der Waals surface area (Å²) in [4.78, 5) is 17.9. The van der Waals surface area contributed by atoms with Crippen LogP contribution in [0.3, 0.4) is 0 Å². The summed E-state index contributed by atoms with van der Waals surface area (Å²) < 4.78 is 11.0. The number of nitrogens with zero attached hydrogens (tertiary/aromatic N) is 2. The van der Waals surface area contributed by atoms with Crippen LogP contribution in [0.5, 0.6) is 0 Å². The Kier molecular flexibility index (Phi) is 3.73. The van der Waals surface area contributed by atoms with Crippen molar-refractivity contribution in [3.63, 3.8) is 0 Å². The lowest BCUT2D eigenvalue weighted by molar-refractivity contribution is -0.112. The molecule has 110 valence electrons. The predicted molar refractivity (Wildman–Crippen MR) is 69.1 cm³/mol. The van der Waals surface area contributed by atoms with Gasteiger partial charge in [0.2, 0.25) is 0 Å². The summed E-state index contributed by atoms with van der Waals surface area (Å²) >= 11 is 0. The molecule has 1 N–H and O–H groups in total. The van der Waals surface area contributed by atoms with E-state index in [9.17, 15) is 4.79 Å². The maximum absolute atomic E-state index is 12.5. The molecule has 0 aromatic carbocycles. The van der Waals surface area contributed by atoms with E-state index in [1.807, 2.05) is 13.8 Å². The highest BCUT2D eigenvalue weighted by Gasteiger charge is 2.32. The molecule has 1 fully saturated rings. The molecule has 1 saturated heterocycles. The average molecular weight is 281 g/mol. The molecule has 2 aliphatic heterocycles. The second kappa shape index (κ2) is 5.51. The first-order valence-corrected chi connectivity index (χ1v) is 6.92. The Morgan fingerprint density at radius 3 is 3.05 bits per heavy atom. The molecule has 7 heteroatoms. The Morgan fingerprint density at radius 1 is 1.35 bits per heavy atom. The molecular weight excluding hydrogens is 262 g/mol. The number of aromatic nitrogens is 2. The SMILES string of the molecule is C[C@@H]1Cc2c(C(=O)N3CCOCCO3)n[nH]c2[C@H](C)O1. The van der Waals surface area contributed by atoms with Crippen molar-refractivity contribution in [2.24, 2.45) is 0 Å². The van der Waals surface area contributed by atoms with E-state index in [0.29, 0.717) is 38.5 Å². The molecular formula is C13H19N3O4. The van der Waals surface area contributed by atoms with Crippen LogP contribution >= 0.6 is 0 Å². The molecule has 7 nitrogen and oxygen atoms in total. The van der Waals surface area contributed by atoms with Crippen molar-refractivity contribution in [3.8, 4) is 0 Å². The van der Waals surface area contributed by atoms with Gasteiger partial charge in [-0.15, -0.1) is 0 Å². The summed E-state index contributed by atoms with van der Waals surface area (Å²) in [5.74, 6) is -0.214. The Balaban J connectivity index is 1.85. The summed E-state index contributed by atoms with van der Waals surface area (Å²) in [7, 11) is 0. The van der Waals surface area contributed by atoms with Gasteiger partial charge in [-0.1, -0.05) is 0 Å². The number of amides is 1. The number of carbonyl (C=O) groups excluding carboxylic acids is 1. The standard InChI is InChI=1S/C13H19N3O4/c1-8-7-10-11(9(2)20-8)14-15-12(10)13(17)16-3-4-18-5-6-19-16/h8-9H,3-7H2,1-2H3,(H,14,15)/t8-,9+/m1/s1. The van der Waals surface area contributed by atoms with E-state index in [4.69, 9.17) is 14.3 Å². The zero-order valence-electron chi connectivity index (χ0n) is 11.7. The molecule has 0 radical (unpaired) electrons. The minimum absolute atomic E-state index is 0.0730. The fourth-order valence-corrected chi connectivity index (χ4v) is 2.65. The van der Waals surface area contributed by atoms with Crippen LogP contribution in [0, 0.1) is 0 Å². The fourth-order valence-electron chi connectivity index (χ4n) is 2.65. The summed E-state index contributed by atoms with van der Waals surface area (Å²) in [5, 5.41) is 8.44. The summed E-state index contributed by atoms with van der Waals surface area (Å²) in [5.41, 5.74) is 2.26. The van der Waals surface area contributed by atoms with E-state index < -0.39 is 0 Å². The van der Waals surface area contributed by atoms with Crippen molar-refractivity contribution in [3.05, 3.63) is 17.0 Å². The molecule has 1 amide bonds. The number of nitrogens with one attached hydrogen (secondary N) is 1. The zero-order valence-corrected chi connectivity index (χ0v) is 11.7. The monoisotopic (exact) mass is 281 g/mol. The quantitative estimate of drug-likeness (QED) is 0.825. The third-order valence-electron chi connectivity index (χ3n) is 3.58. The Labute approximate surface area is 117 Å². The average Bonchev–Trinajstić information content (AvgIpc) is 2.66. The first-order chi connectivity index (χ1) is 9.66. The smallest absolute Gasteiger partial charge is 0.298 e. The molecule has 0 unspecified atom stereocenters. The van der Waals surface area contributed by atoms with Gasteiger partial charge in [-0.05, 0) is 13.8 Å². The van der Waals surface area contributed by atoms with Crippen molar-refractivity contribution in [1.82, 2.24) is 15.3 Å². The highest BCUT2D eigenvalue weighted by Crippen LogP contribution is 2.30. The van der Waals surface area contributed by atoms with Crippen LogP contribution in [0.25, 0.3) is 0 Å². The Bertz CT molecular complexity index is 494. The molecule has 2 atom stereocenters. The first kappa shape index (κ1) is 13.5. The normalized spacial score (nSPS) is 27.0. The van der Waals surface area contributed by atoms with Crippen LogP contribution in [-0.2, 0) is 20.7 Å². The number of rotatable bonds is 1. The Morgan fingerprint density at radius 2 is 2.20 bits per heavy atom. The van der Waals surface area contributed by atoms with E-state index in [2.05, 4.69) is 10.2 Å². The number of H-pyrrole nitrogens is 1. The molecule has 3 heterocycles. The first-order valence-electron chi connectivity index (χ1n) is 6.92. The second-order valence-corrected chi connectivity index (χ2v) is 5.11. The van der Waals surface area contributed by atoms with Crippen molar-refractivity contribution >= 4 is 5.91 Å². The third kappa shape index (κ3) is 2.44. The fraction of sp³-hybridized carbons (Fsp3) is 0.692. The number of hydrogen-bond acceptors (Lipinski definition) is 5. The van der Waals surface area contributed by atoms with Crippen LogP contribution in [0.4, 0.5) is 0 Å². The summed E-state index contributed by atoms with van der Waals surface area (Å²) in [6.45, 7) is 5.74. The molecule has 0 aliphatic carbocycles. The molecule has 2 aliphatic rings. The molecule has 20 heavy (non-hydrogen) atoms. The van der Waals surface area contributed by atoms with Gasteiger partial charge in [-0.3, -0.25) is 14.7 Å². The van der Waals surface area contributed by atoms with Gasteiger partial charge >= 0.3 is 0 Å². The number of hydroxylamine groups is 2. The van der Waals surface area contributed by atoms with E-state index >= 15 is 0 Å². The lowest BCUT2D eigenvalue weighted by Crippen LogP contribution is -2.34. The topological polar surface area (TPSA) is 76.7 Å². The number of hydrogen-bond donors (Lipinski definition) is 1. The van der Waals surface area contributed by atoms with Crippen LogP contribution < -0.4 is 0 Å². The van der Waals surface area contributed by atoms with Gasteiger partial charge < -0.3 is 9.47 Å². The van der Waals surface area contributed by atoms with Crippen LogP contribution in [-0.4, -0.2) is 53.6 Å². The highest BCUT2D eigenvalue weighted by molar-refractivity contribution is 5.93. The molecule has 1 aromatic heterocycles. The predicted octanol–water partition coefficient (Wildman–Crippen LogP) is 0.836. The summed E-state index contributed by atoms with van der Waals surface area (Å²) in [6.07, 6.45) is 0.688. The maximum Gasteiger partial charge on any atom is 0.298 e. The van der Waals surface area contributed by atoms with Gasteiger partial charge in [0.1, 0.15) is 0 Å². The minimum Gasteiger partial charge on any atom is -0.377 e. The van der Waals surface area contributed by atoms with Gasteiger partial charge in [0.25, 0.3) is 5.91 Å². The van der Waals surface area contributed by atoms with E-state index in [1.54, 1.807) is 0 Å². The maximum atomic E-state index is 12.5. The van der Waals surface area contributed by atoms with Crippen LogP contribution in [0.15, 0.2) is 0 Å². The highest BCUT2D eigenvalue weighted by atomic mass is 16.7. The van der Waals surface area contributed by atoms with Crippen molar-refractivity contribution in [2.45, 2.75) is 32.5 Å². The number of aromatic amines is 1. The Hall–Kier alpha value is -1.44. The minimum atomic E-state index is -0.214. The van der Waals surface area contributed by atoms with Crippen LogP contribution in [0.1, 0.15) is 41.7 Å². The molecule has 0 spiro atoms. The van der Waals surface area contributed by atoms with Gasteiger partial charge in [-0.2, -0.15) is 5.10 Å². The molecule has 0 bridgehead atoms. The second-order valence-electron chi connectivity index (χ2n) is 5.11. The van der Waals surface area contributed by atoms with Gasteiger partial charge in [-0.25, -0.2) is 5.06 Å². The van der Waals surface area contributed by atoms with E-state index in [0.717, 1.165) is 11.3 Å². The van der Waals surface area contributed by atoms with E-state index in [1.165, 1.54) is 5.06 Å². The van der Waals surface area contributed by atoms with Crippen molar-refractivity contribution in [2.75, 3.05) is 26.4 Å². The van der Waals surface area contributed by atoms with Gasteiger partial charge in [0.15, 0.2) is 5.69 Å². The van der Waals surface area contributed by atoms with Crippen LogP contribution in [0.2, 0.25) is 0 Å². The van der Waals surface area contributed by atoms with Crippen molar-refractivity contribution in [1.29, 1.82) is 0 Å². The number of carbonyl (C=O) groups is 1. The lowest BCUT2D eigenvalue weighted by atomic mass is 9.99. The van der Waals surface area contributed by atoms with Gasteiger partial charge in [0, 0.05) is 12.0 Å². The summed E-state index contributed by atoms with van der Waals surface area (Å²) in [6, 6.07) is 0. The molecule has 1 aromatic rings. The number of fused-ring (bicyclic) bond motifs is 1. The molecule has 0 saturated carbocycles. The largest absolute Gasteiger partial charge is 0.377 e. The van der Waals surface area contributed by atoms with E-state index in [-0.39, 0.29) is 18.1 Å². The lowest BCUT2D eigenvalue weighted by Gasteiger charge is -2.25. The van der Waals surface area contributed by atoms with Crippen molar-refractivity contribution < 1.29 is 19.1 Å².